The van der Waals surface area contributed by atoms with E-state index in [0.717, 1.165) is 61.7 Å². The zero-order chi connectivity index (χ0) is 36.8. The summed E-state index contributed by atoms with van der Waals surface area (Å²) in [4.78, 5) is 48.9. The van der Waals surface area contributed by atoms with Crippen LogP contribution in [0, 0.1) is 18.7 Å². The summed E-state index contributed by atoms with van der Waals surface area (Å²) in [6.45, 7) is 9.57. The number of aromatic nitrogens is 6. The lowest BCUT2D eigenvalue weighted by Crippen LogP contribution is -2.54. The molecule has 0 radical (unpaired) electrons. The Balaban J connectivity index is 0.853. The largest absolute Gasteiger partial charge is 0.452 e. The van der Waals surface area contributed by atoms with E-state index in [1.54, 1.807) is 9.58 Å². The van der Waals surface area contributed by atoms with Gasteiger partial charge in [-0.05, 0) is 56.9 Å². The molecule has 3 aliphatic rings. The fraction of sp³-hybridized carbons (Fsp3) is 0.405. The molecule has 0 spiro atoms. The second-order valence-corrected chi connectivity index (χ2v) is 14.5. The van der Waals surface area contributed by atoms with Crippen LogP contribution < -0.4 is 24.8 Å². The molecule has 276 valence electrons. The van der Waals surface area contributed by atoms with Gasteiger partial charge in [-0.3, -0.25) is 24.6 Å². The molecule has 0 saturated carbocycles. The molecule has 5 aromatic rings. The van der Waals surface area contributed by atoms with E-state index in [1.807, 2.05) is 37.2 Å². The maximum atomic E-state index is 15.6. The van der Waals surface area contributed by atoms with E-state index >= 15 is 4.39 Å². The van der Waals surface area contributed by atoms with Gasteiger partial charge in [0.05, 0.1) is 23.7 Å². The molecule has 4 aromatic heterocycles. The number of carbonyl (C=O) groups excluding carboxylic acids is 2. The van der Waals surface area contributed by atoms with Gasteiger partial charge in [0.1, 0.15) is 22.1 Å². The van der Waals surface area contributed by atoms with Crippen LogP contribution in [0.25, 0.3) is 22.6 Å². The van der Waals surface area contributed by atoms with Gasteiger partial charge in [-0.2, -0.15) is 5.10 Å². The number of nitrogens with zero attached hydrogens (tertiary/aromatic N) is 9. The van der Waals surface area contributed by atoms with Gasteiger partial charge in [-0.1, -0.05) is 11.6 Å². The van der Waals surface area contributed by atoms with Crippen LogP contribution in [-0.2, 0) is 11.8 Å². The number of amides is 3. The molecule has 16 heteroatoms. The molecule has 3 saturated heterocycles. The standard InChI is InChI=1S/C37H41ClFN11O3/c1-22-19-49(15-14-48(22)20-24-8-11-47(12-9-24)25-4-6-26(7-5-25)50-13-10-31(51)42-37(50)52)36-30(39)16-27(17-41-36)53-33-29(38)18-40-35-32(33)43-34(44-35)28-21-46(3)45-23(28)2/h4-7,16-18,21-22,24H,8-15,19-20H2,1-3H3,(H,40,43,44)(H,42,51,52)/t22-/m0/s1. The van der Waals surface area contributed by atoms with Gasteiger partial charge in [-0.25, -0.2) is 24.1 Å². The summed E-state index contributed by atoms with van der Waals surface area (Å²) >= 11 is 6.51. The highest BCUT2D eigenvalue weighted by molar-refractivity contribution is 6.32. The van der Waals surface area contributed by atoms with Crippen LogP contribution in [0.1, 0.15) is 31.9 Å². The van der Waals surface area contributed by atoms with Crippen molar-refractivity contribution in [2.24, 2.45) is 13.0 Å². The van der Waals surface area contributed by atoms with E-state index in [1.165, 1.54) is 18.5 Å². The molecular formula is C37H41ClFN11O3. The molecule has 0 bridgehead atoms. The number of anilines is 3. The highest BCUT2D eigenvalue weighted by Gasteiger charge is 2.30. The quantitative estimate of drug-likeness (QED) is 0.209. The first-order chi connectivity index (χ1) is 25.6. The number of hydrogen-bond donors (Lipinski definition) is 2. The lowest BCUT2D eigenvalue weighted by atomic mass is 9.94. The maximum absolute atomic E-state index is 15.6. The number of fused-ring (bicyclic) bond motifs is 1. The van der Waals surface area contributed by atoms with Crippen LogP contribution in [0.2, 0.25) is 5.02 Å². The minimum atomic E-state index is -0.462. The number of hydrogen-bond acceptors (Lipinski definition) is 10. The molecule has 3 amide bonds. The smallest absolute Gasteiger partial charge is 0.328 e. The first-order valence-corrected chi connectivity index (χ1v) is 18.3. The third-order valence-corrected chi connectivity index (χ3v) is 10.7. The number of H-pyrrole nitrogens is 1. The molecule has 1 atom stereocenters. The summed E-state index contributed by atoms with van der Waals surface area (Å²) in [6.07, 6.45) is 7.33. The minimum Gasteiger partial charge on any atom is -0.452 e. The first kappa shape index (κ1) is 34.8. The van der Waals surface area contributed by atoms with Gasteiger partial charge >= 0.3 is 6.03 Å². The van der Waals surface area contributed by atoms with Crippen molar-refractivity contribution in [3.63, 3.8) is 0 Å². The molecule has 1 aromatic carbocycles. The average molecular weight is 742 g/mol. The Labute approximate surface area is 310 Å². The maximum Gasteiger partial charge on any atom is 0.328 e. The highest BCUT2D eigenvalue weighted by atomic mass is 35.5. The molecule has 14 nitrogen and oxygen atoms in total. The van der Waals surface area contributed by atoms with E-state index in [4.69, 9.17) is 16.3 Å². The second-order valence-electron chi connectivity index (χ2n) is 14.1. The number of nitrogens with one attached hydrogen (secondary N) is 2. The number of imidazole rings is 1. The lowest BCUT2D eigenvalue weighted by molar-refractivity contribution is -0.120. The van der Waals surface area contributed by atoms with Crippen LogP contribution in [0.3, 0.4) is 0 Å². The molecule has 7 heterocycles. The summed E-state index contributed by atoms with van der Waals surface area (Å²) in [7, 11) is 1.84. The molecule has 0 unspecified atom stereocenters. The number of carbonyl (C=O) groups is 2. The monoisotopic (exact) mass is 741 g/mol. The number of urea groups is 1. The van der Waals surface area contributed by atoms with Crippen molar-refractivity contribution >= 4 is 51.9 Å². The summed E-state index contributed by atoms with van der Waals surface area (Å²) in [5, 5.41) is 7.03. The molecular weight excluding hydrogens is 701 g/mol. The molecule has 0 aliphatic carbocycles. The van der Waals surface area contributed by atoms with E-state index in [-0.39, 0.29) is 28.8 Å². The molecule has 2 N–H and O–H groups in total. The van der Waals surface area contributed by atoms with E-state index in [0.29, 0.717) is 60.5 Å². The van der Waals surface area contributed by atoms with Crippen molar-refractivity contribution in [1.82, 2.24) is 39.9 Å². The number of imide groups is 1. The summed E-state index contributed by atoms with van der Waals surface area (Å²) in [5.74, 6) is 1.27. The number of aromatic amines is 1. The van der Waals surface area contributed by atoms with Crippen molar-refractivity contribution in [1.29, 1.82) is 0 Å². The lowest BCUT2D eigenvalue weighted by Gasteiger charge is -2.43. The Bertz CT molecular complexity index is 2170. The van der Waals surface area contributed by atoms with Gasteiger partial charge in [-0.15, -0.1) is 0 Å². The first-order valence-electron chi connectivity index (χ1n) is 17.9. The van der Waals surface area contributed by atoms with E-state index < -0.39 is 5.82 Å². The van der Waals surface area contributed by atoms with Crippen molar-refractivity contribution in [3.05, 3.63) is 65.5 Å². The predicted molar refractivity (Wildman–Crippen MR) is 200 cm³/mol. The van der Waals surface area contributed by atoms with Gasteiger partial charge in [0.2, 0.25) is 5.91 Å². The number of piperidine rings is 1. The van der Waals surface area contributed by atoms with Crippen LogP contribution in [0.4, 0.5) is 26.4 Å². The number of rotatable bonds is 8. The molecule has 3 fully saturated rings. The Morgan fingerprint density at radius 3 is 2.47 bits per heavy atom. The SMILES string of the molecule is Cc1nn(C)cc1-c1nc2ncc(Cl)c(Oc3cnc(N4CCN(CC5CCN(c6ccc(N7CCC(=O)NC7=O)cc6)CC5)[C@@H](C)C4)c(F)c3)c2[nH]1. The zero-order valence-electron chi connectivity index (χ0n) is 29.9. The summed E-state index contributed by atoms with van der Waals surface area (Å²) < 4.78 is 23.5. The van der Waals surface area contributed by atoms with Crippen LogP contribution in [-0.4, -0.2) is 98.4 Å². The number of ether oxygens (including phenoxy) is 1. The van der Waals surface area contributed by atoms with Crippen LogP contribution >= 0.6 is 11.6 Å². The normalized spacial score (nSPS) is 19.0. The van der Waals surface area contributed by atoms with E-state index in [2.05, 4.69) is 59.2 Å². The van der Waals surface area contributed by atoms with Crippen molar-refractivity contribution in [2.75, 3.05) is 60.5 Å². The predicted octanol–water partition coefficient (Wildman–Crippen LogP) is 5.52. The fourth-order valence-electron chi connectivity index (χ4n) is 7.61. The van der Waals surface area contributed by atoms with Gasteiger partial charge in [0.25, 0.3) is 0 Å². The number of pyridine rings is 2. The Morgan fingerprint density at radius 1 is 1.00 bits per heavy atom. The number of aryl methyl sites for hydroxylation is 2. The van der Waals surface area contributed by atoms with Crippen molar-refractivity contribution in [2.45, 2.75) is 39.2 Å². The van der Waals surface area contributed by atoms with Crippen molar-refractivity contribution in [3.8, 4) is 22.9 Å². The number of piperazine rings is 1. The fourth-order valence-corrected chi connectivity index (χ4v) is 7.79. The Kier molecular flexibility index (Phi) is 9.37. The van der Waals surface area contributed by atoms with Crippen LogP contribution in [0.15, 0.2) is 48.9 Å². The number of benzene rings is 1. The average Bonchev–Trinajstić information content (AvgIpc) is 3.73. The molecule has 3 aliphatic heterocycles. The number of halogens is 2. The zero-order valence-corrected chi connectivity index (χ0v) is 30.6. The molecule has 8 rings (SSSR count). The summed E-state index contributed by atoms with van der Waals surface area (Å²) in [5.41, 5.74) is 4.48. The van der Waals surface area contributed by atoms with Gasteiger partial charge in [0, 0.05) is 89.0 Å². The van der Waals surface area contributed by atoms with Gasteiger partial charge < -0.3 is 19.5 Å². The van der Waals surface area contributed by atoms with E-state index in [9.17, 15) is 9.59 Å². The Morgan fingerprint density at radius 2 is 1.77 bits per heavy atom. The third kappa shape index (κ3) is 7.10. The molecule has 53 heavy (non-hydrogen) atoms. The van der Waals surface area contributed by atoms with Crippen molar-refractivity contribution < 1.29 is 18.7 Å². The second kappa shape index (κ2) is 14.3. The summed E-state index contributed by atoms with van der Waals surface area (Å²) in [6, 6.07) is 9.22. The van der Waals surface area contributed by atoms with Gasteiger partial charge in [0.15, 0.2) is 23.0 Å². The Hall–Kier alpha value is -5.28. The highest BCUT2D eigenvalue weighted by Crippen LogP contribution is 2.37. The topological polar surface area (TPSA) is 141 Å². The van der Waals surface area contributed by atoms with Crippen LogP contribution in [0.5, 0.6) is 11.5 Å². The minimum absolute atomic E-state index is 0.218. The third-order valence-electron chi connectivity index (χ3n) is 10.5.